The largest absolute Gasteiger partial charge is 0.383 e. The summed E-state index contributed by atoms with van der Waals surface area (Å²) in [5.41, 5.74) is -0.940. The van der Waals surface area contributed by atoms with Crippen LogP contribution >= 0.6 is 0 Å². The molecule has 2 aromatic rings. The van der Waals surface area contributed by atoms with Crippen molar-refractivity contribution < 1.29 is 13.9 Å². The number of nitrogens with one attached hydrogen (secondary N) is 2. The Kier molecular flexibility index (Phi) is 4.15. The van der Waals surface area contributed by atoms with Crippen molar-refractivity contribution in [1.29, 1.82) is 0 Å². The van der Waals surface area contributed by atoms with Crippen LogP contribution in [0.3, 0.4) is 0 Å². The van der Waals surface area contributed by atoms with E-state index in [4.69, 9.17) is 0 Å². The zero-order valence-corrected chi connectivity index (χ0v) is 11.0. The SMILES string of the molecule is C[C@](O)(CNCc1cc(=O)c2ccccc2[nH]1)C(F)F. The molecule has 0 fully saturated rings. The van der Waals surface area contributed by atoms with Gasteiger partial charge in [0.25, 0.3) is 6.43 Å². The van der Waals surface area contributed by atoms with E-state index >= 15 is 0 Å². The van der Waals surface area contributed by atoms with E-state index in [-0.39, 0.29) is 18.5 Å². The summed E-state index contributed by atoms with van der Waals surface area (Å²) in [6, 6.07) is 8.49. The van der Waals surface area contributed by atoms with Gasteiger partial charge in [0.05, 0.1) is 0 Å². The molecule has 20 heavy (non-hydrogen) atoms. The first kappa shape index (κ1) is 14.6. The van der Waals surface area contributed by atoms with E-state index in [2.05, 4.69) is 10.3 Å². The topological polar surface area (TPSA) is 65.1 Å². The van der Waals surface area contributed by atoms with Crippen molar-refractivity contribution in [1.82, 2.24) is 10.3 Å². The zero-order valence-electron chi connectivity index (χ0n) is 11.0. The third-order valence-corrected chi connectivity index (χ3v) is 3.06. The molecule has 1 aromatic heterocycles. The summed E-state index contributed by atoms with van der Waals surface area (Å²) in [6.07, 6.45) is -2.83. The van der Waals surface area contributed by atoms with Crippen LogP contribution in [-0.2, 0) is 6.54 Å². The minimum Gasteiger partial charge on any atom is -0.383 e. The molecule has 0 amide bonds. The van der Waals surface area contributed by atoms with Crippen LogP contribution in [-0.4, -0.2) is 28.7 Å². The highest BCUT2D eigenvalue weighted by Gasteiger charge is 2.31. The van der Waals surface area contributed by atoms with Gasteiger partial charge < -0.3 is 15.4 Å². The van der Waals surface area contributed by atoms with Gasteiger partial charge in [-0.25, -0.2) is 8.78 Å². The third-order valence-electron chi connectivity index (χ3n) is 3.06. The van der Waals surface area contributed by atoms with Gasteiger partial charge in [-0.15, -0.1) is 0 Å². The minimum atomic E-state index is -2.83. The third kappa shape index (κ3) is 3.20. The monoisotopic (exact) mass is 282 g/mol. The van der Waals surface area contributed by atoms with Crippen molar-refractivity contribution >= 4 is 10.9 Å². The number of aromatic nitrogens is 1. The van der Waals surface area contributed by atoms with Crippen LogP contribution in [0, 0.1) is 0 Å². The highest BCUT2D eigenvalue weighted by atomic mass is 19.3. The standard InChI is InChI=1S/C14H16F2N2O2/c1-14(20,13(15)16)8-17-7-9-6-12(19)10-4-2-3-5-11(10)18-9/h2-6,13,17,20H,7-8H2,1H3,(H,18,19)/t14-/m0/s1. The van der Waals surface area contributed by atoms with E-state index in [9.17, 15) is 18.7 Å². The Morgan fingerprint density at radius 1 is 1.40 bits per heavy atom. The second kappa shape index (κ2) is 5.68. The smallest absolute Gasteiger partial charge is 0.267 e. The summed E-state index contributed by atoms with van der Waals surface area (Å²) >= 11 is 0. The molecule has 0 aliphatic rings. The molecule has 2 rings (SSSR count). The van der Waals surface area contributed by atoms with Crippen LogP contribution in [0.1, 0.15) is 12.6 Å². The lowest BCUT2D eigenvalue weighted by Crippen LogP contribution is -2.43. The number of benzene rings is 1. The van der Waals surface area contributed by atoms with E-state index in [0.717, 1.165) is 6.92 Å². The maximum atomic E-state index is 12.5. The fourth-order valence-corrected chi connectivity index (χ4v) is 1.87. The van der Waals surface area contributed by atoms with E-state index in [1.54, 1.807) is 24.3 Å². The van der Waals surface area contributed by atoms with Crippen molar-refractivity contribution in [2.45, 2.75) is 25.5 Å². The summed E-state index contributed by atoms with van der Waals surface area (Å²) in [5, 5.41) is 12.7. The Morgan fingerprint density at radius 2 is 2.10 bits per heavy atom. The number of pyridine rings is 1. The first-order valence-electron chi connectivity index (χ1n) is 6.22. The van der Waals surface area contributed by atoms with Crippen LogP contribution in [0.2, 0.25) is 0 Å². The van der Waals surface area contributed by atoms with Gasteiger partial charge in [0.2, 0.25) is 0 Å². The summed E-state index contributed by atoms with van der Waals surface area (Å²) in [6.45, 7) is 0.996. The molecule has 0 spiro atoms. The molecule has 0 bridgehead atoms. The van der Waals surface area contributed by atoms with Crippen molar-refractivity contribution in [2.75, 3.05) is 6.54 Å². The number of rotatable bonds is 5. The summed E-state index contributed by atoms with van der Waals surface area (Å²) in [4.78, 5) is 14.9. The number of hydrogen-bond acceptors (Lipinski definition) is 3. The molecule has 0 unspecified atom stereocenters. The molecule has 0 aliphatic carbocycles. The molecule has 0 saturated carbocycles. The first-order valence-corrected chi connectivity index (χ1v) is 6.22. The van der Waals surface area contributed by atoms with Crippen LogP contribution in [0.5, 0.6) is 0 Å². The Bertz CT molecular complexity index is 653. The van der Waals surface area contributed by atoms with E-state index < -0.39 is 12.0 Å². The number of aromatic amines is 1. The minimum absolute atomic E-state index is 0.128. The average Bonchev–Trinajstić information content (AvgIpc) is 2.38. The first-order chi connectivity index (χ1) is 9.40. The number of alkyl halides is 2. The molecule has 0 saturated heterocycles. The molecule has 6 heteroatoms. The molecule has 1 aromatic carbocycles. The molecule has 4 nitrogen and oxygen atoms in total. The summed E-state index contributed by atoms with van der Waals surface area (Å²) < 4.78 is 24.9. The van der Waals surface area contributed by atoms with Crippen LogP contribution in [0.15, 0.2) is 35.1 Å². The number of fused-ring (bicyclic) bond motifs is 1. The van der Waals surface area contributed by atoms with Gasteiger partial charge in [-0.3, -0.25) is 4.79 Å². The Hall–Kier alpha value is -1.79. The molecular weight excluding hydrogens is 266 g/mol. The molecule has 1 atom stereocenters. The fraction of sp³-hybridized carbons (Fsp3) is 0.357. The lowest BCUT2D eigenvalue weighted by Gasteiger charge is -2.22. The van der Waals surface area contributed by atoms with Gasteiger partial charge in [0.1, 0.15) is 5.60 Å². The van der Waals surface area contributed by atoms with E-state index in [1.165, 1.54) is 6.07 Å². The quantitative estimate of drug-likeness (QED) is 0.781. The van der Waals surface area contributed by atoms with Gasteiger partial charge in [0.15, 0.2) is 5.43 Å². The molecular formula is C14H16F2N2O2. The second-order valence-electron chi connectivity index (χ2n) is 4.97. The predicted octanol–water partition coefficient (Wildman–Crippen LogP) is 1.63. The molecule has 3 N–H and O–H groups in total. The molecule has 0 radical (unpaired) electrons. The number of H-pyrrole nitrogens is 1. The average molecular weight is 282 g/mol. The second-order valence-corrected chi connectivity index (χ2v) is 4.97. The Balaban J connectivity index is 2.10. The van der Waals surface area contributed by atoms with Gasteiger partial charge in [-0.1, -0.05) is 12.1 Å². The van der Waals surface area contributed by atoms with E-state index in [1.807, 2.05) is 0 Å². The number of aliphatic hydroxyl groups is 1. The summed E-state index contributed by atoms with van der Waals surface area (Å²) in [5.74, 6) is 0. The predicted molar refractivity (Wildman–Crippen MR) is 72.9 cm³/mol. The van der Waals surface area contributed by atoms with Gasteiger partial charge in [-0.2, -0.15) is 0 Å². The van der Waals surface area contributed by atoms with Crippen LogP contribution in [0.4, 0.5) is 8.78 Å². The van der Waals surface area contributed by atoms with Gasteiger partial charge >= 0.3 is 0 Å². The summed E-state index contributed by atoms with van der Waals surface area (Å²) in [7, 11) is 0. The molecule has 0 aliphatic heterocycles. The van der Waals surface area contributed by atoms with Crippen molar-refractivity contribution in [3.63, 3.8) is 0 Å². The lowest BCUT2D eigenvalue weighted by atomic mass is 10.1. The van der Waals surface area contributed by atoms with Gasteiger partial charge in [0, 0.05) is 35.8 Å². The van der Waals surface area contributed by atoms with Crippen LogP contribution in [0.25, 0.3) is 10.9 Å². The molecule has 108 valence electrons. The highest BCUT2D eigenvalue weighted by molar-refractivity contribution is 5.78. The van der Waals surface area contributed by atoms with Crippen molar-refractivity contribution in [2.24, 2.45) is 0 Å². The Labute approximate surface area is 114 Å². The number of para-hydroxylation sites is 1. The number of halogens is 2. The normalized spacial score (nSPS) is 14.7. The van der Waals surface area contributed by atoms with Gasteiger partial charge in [-0.05, 0) is 19.1 Å². The maximum absolute atomic E-state index is 12.5. The zero-order chi connectivity index (χ0) is 14.8. The van der Waals surface area contributed by atoms with Crippen molar-refractivity contribution in [3.8, 4) is 0 Å². The van der Waals surface area contributed by atoms with Crippen molar-refractivity contribution in [3.05, 3.63) is 46.2 Å². The fourth-order valence-electron chi connectivity index (χ4n) is 1.87. The Morgan fingerprint density at radius 3 is 2.80 bits per heavy atom. The molecule has 1 heterocycles. The maximum Gasteiger partial charge on any atom is 0.267 e. The highest BCUT2D eigenvalue weighted by Crippen LogP contribution is 2.13. The lowest BCUT2D eigenvalue weighted by molar-refractivity contribution is -0.0809. The van der Waals surface area contributed by atoms with E-state index in [0.29, 0.717) is 16.6 Å². The number of hydrogen-bond donors (Lipinski definition) is 3. The van der Waals surface area contributed by atoms with Crippen LogP contribution < -0.4 is 10.7 Å².